The molecule has 0 aliphatic carbocycles. The molecule has 0 amide bonds. The smallest absolute Gasteiger partial charge is 0.331 e. The van der Waals surface area contributed by atoms with Crippen molar-refractivity contribution in [2.45, 2.75) is 57.5 Å². The topological polar surface area (TPSA) is 147 Å². The Labute approximate surface area is 151 Å². The number of hydrogen-bond acceptors (Lipinski definition) is 7. The van der Waals surface area contributed by atoms with E-state index in [1.54, 1.807) is 0 Å². The van der Waals surface area contributed by atoms with E-state index in [1.165, 1.54) is 0 Å². The minimum atomic E-state index is -1.30. The van der Waals surface area contributed by atoms with Gasteiger partial charge in [0.1, 0.15) is 6.61 Å². The summed E-state index contributed by atoms with van der Waals surface area (Å²) in [6.45, 7) is -0.889. The second-order valence-corrected chi connectivity index (χ2v) is 5.61. The molecule has 0 saturated carbocycles. The number of ether oxygens (including phenoxy) is 2. The van der Waals surface area contributed by atoms with Gasteiger partial charge in [-0.25, -0.2) is 9.59 Å². The van der Waals surface area contributed by atoms with Crippen LogP contribution in [0.1, 0.15) is 51.4 Å². The number of carbonyl (C=O) groups is 4. The summed E-state index contributed by atoms with van der Waals surface area (Å²) in [5.74, 6) is -3.53. The molecule has 9 heteroatoms. The second-order valence-electron chi connectivity index (χ2n) is 5.61. The Balaban J connectivity index is 3.79. The lowest BCUT2D eigenvalue weighted by Gasteiger charge is -2.15. The monoisotopic (exact) mass is 374 g/mol. The van der Waals surface area contributed by atoms with Gasteiger partial charge in [-0.2, -0.15) is 0 Å². The Morgan fingerprint density at radius 2 is 1.42 bits per heavy atom. The Bertz CT molecular complexity index is 485. The highest BCUT2D eigenvalue weighted by Crippen LogP contribution is 2.09. The number of esters is 2. The molecule has 0 rings (SSSR count). The molecule has 0 spiro atoms. The van der Waals surface area contributed by atoms with Gasteiger partial charge in [0.2, 0.25) is 0 Å². The first-order chi connectivity index (χ1) is 12.3. The van der Waals surface area contributed by atoms with Crippen molar-refractivity contribution in [3.63, 3.8) is 0 Å². The van der Waals surface area contributed by atoms with Crippen LogP contribution in [0, 0.1) is 0 Å². The van der Waals surface area contributed by atoms with Crippen LogP contribution in [0.5, 0.6) is 0 Å². The summed E-state index contributed by atoms with van der Waals surface area (Å²) in [5.41, 5.74) is 0. The maximum absolute atomic E-state index is 11.7. The van der Waals surface area contributed by atoms with Crippen LogP contribution in [-0.2, 0) is 28.7 Å². The summed E-state index contributed by atoms with van der Waals surface area (Å²) in [4.78, 5) is 43.4. The molecule has 1 unspecified atom stereocenters. The summed E-state index contributed by atoms with van der Waals surface area (Å²) in [7, 11) is 0. The number of aliphatic hydroxyl groups excluding tert-OH is 1. The van der Waals surface area contributed by atoms with Gasteiger partial charge < -0.3 is 24.8 Å². The van der Waals surface area contributed by atoms with Crippen molar-refractivity contribution in [2.75, 3.05) is 13.2 Å². The van der Waals surface area contributed by atoms with Gasteiger partial charge in [-0.1, -0.05) is 25.7 Å². The fourth-order valence-corrected chi connectivity index (χ4v) is 1.98. The lowest BCUT2D eigenvalue weighted by atomic mass is 10.1. The predicted molar refractivity (Wildman–Crippen MR) is 89.3 cm³/mol. The van der Waals surface area contributed by atoms with E-state index in [0.717, 1.165) is 31.8 Å². The number of carbonyl (C=O) groups excluding carboxylic acids is 2. The van der Waals surface area contributed by atoms with Crippen molar-refractivity contribution in [1.82, 2.24) is 0 Å². The first-order valence-corrected chi connectivity index (χ1v) is 8.45. The Morgan fingerprint density at radius 1 is 0.846 bits per heavy atom. The first kappa shape index (κ1) is 23.6. The van der Waals surface area contributed by atoms with Crippen molar-refractivity contribution in [1.29, 1.82) is 0 Å². The van der Waals surface area contributed by atoms with E-state index in [1.807, 2.05) is 0 Å². The Hall–Kier alpha value is -2.42. The molecule has 0 aromatic heterocycles. The van der Waals surface area contributed by atoms with E-state index in [9.17, 15) is 19.2 Å². The predicted octanol–water partition coefficient (Wildman–Crippen LogP) is 1.28. The van der Waals surface area contributed by atoms with E-state index in [0.29, 0.717) is 18.9 Å². The van der Waals surface area contributed by atoms with Crippen LogP contribution in [0.4, 0.5) is 0 Å². The lowest BCUT2D eigenvalue weighted by molar-refractivity contribution is -0.159. The van der Waals surface area contributed by atoms with Gasteiger partial charge in [-0.15, -0.1) is 0 Å². The van der Waals surface area contributed by atoms with Crippen LogP contribution < -0.4 is 0 Å². The van der Waals surface area contributed by atoms with E-state index in [2.05, 4.69) is 4.74 Å². The Morgan fingerprint density at radius 3 is 1.96 bits per heavy atom. The Kier molecular flexibility index (Phi) is 13.5. The number of hydrogen-bond donors (Lipinski definition) is 3. The summed E-state index contributed by atoms with van der Waals surface area (Å²) in [6, 6.07) is 0. The normalized spacial score (nSPS) is 11.9. The molecular weight excluding hydrogens is 348 g/mol. The van der Waals surface area contributed by atoms with Gasteiger partial charge in [0, 0.05) is 25.0 Å². The fourth-order valence-electron chi connectivity index (χ4n) is 1.98. The van der Waals surface area contributed by atoms with E-state index >= 15 is 0 Å². The summed E-state index contributed by atoms with van der Waals surface area (Å²) in [5, 5.41) is 26.0. The van der Waals surface area contributed by atoms with Gasteiger partial charge in [-0.3, -0.25) is 9.59 Å². The van der Waals surface area contributed by atoms with Crippen molar-refractivity contribution in [3.8, 4) is 0 Å². The zero-order valence-electron chi connectivity index (χ0n) is 14.6. The third kappa shape index (κ3) is 15.1. The molecule has 0 aromatic rings. The van der Waals surface area contributed by atoms with Gasteiger partial charge in [0.05, 0.1) is 6.61 Å². The van der Waals surface area contributed by atoms with Gasteiger partial charge >= 0.3 is 23.9 Å². The quantitative estimate of drug-likeness (QED) is 0.219. The fraction of sp³-hybridized carbons (Fsp3) is 0.647. The molecule has 0 heterocycles. The number of aliphatic carboxylic acids is 2. The van der Waals surface area contributed by atoms with Crippen molar-refractivity contribution in [2.24, 2.45) is 0 Å². The van der Waals surface area contributed by atoms with Crippen molar-refractivity contribution >= 4 is 23.9 Å². The third-order valence-corrected chi connectivity index (χ3v) is 3.30. The molecule has 9 nitrogen and oxygen atoms in total. The van der Waals surface area contributed by atoms with Gasteiger partial charge in [0.25, 0.3) is 0 Å². The highest BCUT2D eigenvalue weighted by Gasteiger charge is 2.15. The van der Waals surface area contributed by atoms with Crippen LogP contribution in [0.2, 0.25) is 0 Å². The minimum Gasteiger partial charge on any atom is -0.481 e. The van der Waals surface area contributed by atoms with Gasteiger partial charge in [-0.05, 0) is 12.8 Å². The molecule has 0 aliphatic rings. The number of aliphatic hydroxyl groups is 1. The van der Waals surface area contributed by atoms with Crippen LogP contribution in [0.3, 0.4) is 0 Å². The first-order valence-electron chi connectivity index (χ1n) is 8.45. The third-order valence-electron chi connectivity index (χ3n) is 3.30. The van der Waals surface area contributed by atoms with Crippen LogP contribution in [0.25, 0.3) is 0 Å². The molecule has 0 aliphatic heterocycles. The van der Waals surface area contributed by atoms with Crippen molar-refractivity contribution in [3.05, 3.63) is 12.2 Å². The van der Waals surface area contributed by atoms with Crippen LogP contribution in [0.15, 0.2) is 12.2 Å². The average Bonchev–Trinajstić information content (AvgIpc) is 2.58. The van der Waals surface area contributed by atoms with E-state index in [-0.39, 0.29) is 19.4 Å². The molecule has 0 aromatic carbocycles. The number of rotatable bonds is 15. The number of unbranched alkanes of at least 4 members (excludes halogenated alkanes) is 5. The molecule has 0 fully saturated rings. The molecule has 3 N–H and O–H groups in total. The maximum atomic E-state index is 11.7. The summed E-state index contributed by atoms with van der Waals surface area (Å²) in [6.07, 6.45) is 5.37. The summed E-state index contributed by atoms with van der Waals surface area (Å²) < 4.78 is 9.65. The molecule has 26 heavy (non-hydrogen) atoms. The zero-order valence-corrected chi connectivity index (χ0v) is 14.6. The second kappa shape index (κ2) is 14.9. The number of carboxylic acids is 2. The highest BCUT2D eigenvalue weighted by molar-refractivity contribution is 5.90. The molecule has 1 atom stereocenters. The maximum Gasteiger partial charge on any atom is 0.331 e. The summed E-state index contributed by atoms with van der Waals surface area (Å²) >= 11 is 0. The largest absolute Gasteiger partial charge is 0.481 e. The molecule has 0 saturated heterocycles. The SMILES string of the molecule is O=C(O)/C=C\C(=O)OCC(CO)OC(=O)CCCCCCCCC(=O)O. The van der Waals surface area contributed by atoms with E-state index < -0.39 is 36.6 Å². The average molecular weight is 374 g/mol. The molecule has 0 radical (unpaired) electrons. The van der Waals surface area contributed by atoms with E-state index in [4.69, 9.17) is 20.1 Å². The van der Waals surface area contributed by atoms with Crippen LogP contribution >= 0.6 is 0 Å². The standard InChI is InChI=1S/C17H26O9/c18-11-13(12-25-16(23)10-9-15(21)22)26-17(24)8-6-4-2-1-3-5-7-14(19)20/h9-10,13,18H,1-8,11-12H2,(H,19,20)(H,21,22)/b10-9-. The lowest BCUT2D eigenvalue weighted by Crippen LogP contribution is -2.28. The zero-order chi connectivity index (χ0) is 19.8. The highest BCUT2D eigenvalue weighted by atomic mass is 16.6. The van der Waals surface area contributed by atoms with Crippen molar-refractivity contribution < 1.29 is 44.0 Å². The minimum absolute atomic E-state index is 0.165. The molecule has 148 valence electrons. The number of carboxylic acid groups (broad SMARTS) is 2. The van der Waals surface area contributed by atoms with Gasteiger partial charge in [0.15, 0.2) is 6.10 Å². The molecular formula is C17H26O9. The molecule has 0 bridgehead atoms. The van der Waals surface area contributed by atoms with Crippen LogP contribution in [-0.4, -0.2) is 58.5 Å².